The van der Waals surface area contributed by atoms with Gasteiger partial charge in [-0.25, -0.2) is 9.97 Å². The molecule has 0 aliphatic carbocycles. The van der Waals surface area contributed by atoms with Crippen molar-refractivity contribution in [2.24, 2.45) is 0 Å². The minimum absolute atomic E-state index is 0.842. The zero-order chi connectivity index (χ0) is 13.9. The first kappa shape index (κ1) is 12.8. The van der Waals surface area contributed by atoms with E-state index in [1.54, 1.807) is 0 Å². The van der Waals surface area contributed by atoms with Crippen molar-refractivity contribution in [3.05, 3.63) is 54.0 Å². The van der Waals surface area contributed by atoms with Gasteiger partial charge in [0.1, 0.15) is 12.1 Å². The van der Waals surface area contributed by atoms with Crippen molar-refractivity contribution in [1.29, 1.82) is 0 Å². The lowest BCUT2D eigenvalue weighted by Gasteiger charge is -2.09. The summed E-state index contributed by atoms with van der Waals surface area (Å²) in [7, 11) is 1.96. The maximum Gasteiger partial charge on any atom is 0.138 e. The summed E-state index contributed by atoms with van der Waals surface area (Å²) in [6.07, 6.45) is 2.77. The van der Waals surface area contributed by atoms with E-state index in [1.807, 2.05) is 36.1 Å². The fourth-order valence-corrected chi connectivity index (χ4v) is 2.39. The molecule has 0 saturated carbocycles. The number of hydrogen-bond acceptors (Lipinski definition) is 3. The number of aromatic nitrogens is 3. The molecule has 3 rings (SSSR count). The molecule has 0 atom stereocenters. The predicted octanol–water partition coefficient (Wildman–Crippen LogP) is 2.70. The molecule has 0 aliphatic rings. The SMILES string of the molecule is CCc1cc(CNC)cc(-n2cnc3ccccc32)n1. The summed E-state index contributed by atoms with van der Waals surface area (Å²) < 4.78 is 2.05. The molecule has 1 N–H and O–H groups in total. The Morgan fingerprint density at radius 3 is 2.85 bits per heavy atom. The van der Waals surface area contributed by atoms with E-state index in [-0.39, 0.29) is 0 Å². The number of rotatable bonds is 4. The Hall–Kier alpha value is -2.20. The molecular formula is C16H18N4. The number of nitrogens with zero attached hydrogens (tertiary/aromatic N) is 3. The molecule has 0 saturated heterocycles. The Bertz CT molecular complexity index is 730. The molecule has 4 nitrogen and oxygen atoms in total. The minimum atomic E-state index is 0.842. The van der Waals surface area contributed by atoms with Gasteiger partial charge in [-0.1, -0.05) is 19.1 Å². The molecule has 102 valence electrons. The minimum Gasteiger partial charge on any atom is -0.316 e. The highest BCUT2D eigenvalue weighted by molar-refractivity contribution is 5.76. The Morgan fingerprint density at radius 1 is 1.20 bits per heavy atom. The van der Waals surface area contributed by atoms with Crippen LogP contribution in [0, 0.1) is 0 Å². The largest absolute Gasteiger partial charge is 0.316 e. The molecule has 0 aliphatic heterocycles. The summed E-state index contributed by atoms with van der Waals surface area (Å²) in [5.74, 6) is 0.934. The highest BCUT2D eigenvalue weighted by atomic mass is 15.1. The Balaban J connectivity index is 2.15. The van der Waals surface area contributed by atoms with E-state index in [4.69, 9.17) is 4.98 Å². The van der Waals surface area contributed by atoms with E-state index in [9.17, 15) is 0 Å². The van der Waals surface area contributed by atoms with Gasteiger partial charge >= 0.3 is 0 Å². The van der Waals surface area contributed by atoms with Crippen molar-refractivity contribution >= 4 is 11.0 Å². The fraction of sp³-hybridized carbons (Fsp3) is 0.250. The van der Waals surface area contributed by atoms with Crippen LogP contribution in [-0.4, -0.2) is 21.6 Å². The summed E-state index contributed by atoms with van der Waals surface area (Å²) in [4.78, 5) is 9.16. The molecule has 0 radical (unpaired) electrons. The summed E-state index contributed by atoms with van der Waals surface area (Å²) in [6.45, 7) is 2.97. The van der Waals surface area contributed by atoms with Crippen LogP contribution in [0.3, 0.4) is 0 Å². The van der Waals surface area contributed by atoms with Crippen LogP contribution < -0.4 is 5.32 Å². The second kappa shape index (κ2) is 5.43. The third-order valence-corrected chi connectivity index (χ3v) is 3.37. The first-order chi connectivity index (χ1) is 9.81. The molecular weight excluding hydrogens is 248 g/mol. The van der Waals surface area contributed by atoms with Crippen molar-refractivity contribution in [1.82, 2.24) is 19.9 Å². The molecule has 0 amide bonds. The molecule has 20 heavy (non-hydrogen) atoms. The van der Waals surface area contributed by atoms with Crippen molar-refractivity contribution in [3.63, 3.8) is 0 Å². The first-order valence-electron chi connectivity index (χ1n) is 6.88. The van der Waals surface area contributed by atoms with Crippen LogP contribution in [0.1, 0.15) is 18.2 Å². The number of para-hydroxylation sites is 2. The summed E-state index contributed by atoms with van der Waals surface area (Å²) in [5, 5.41) is 3.19. The van der Waals surface area contributed by atoms with Crippen LogP contribution in [-0.2, 0) is 13.0 Å². The number of hydrogen-bond donors (Lipinski definition) is 1. The lowest BCUT2D eigenvalue weighted by Crippen LogP contribution is -2.08. The number of fused-ring (bicyclic) bond motifs is 1. The molecule has 0 fully saturated rings. The van der Waals surface area contributed by atoms with E-state index in [1.165, 1.54) is 5.56 Å². The molecule has 1 aromatic carbocycles. The van der Waals surface area contributed by atoms with Crippen LogP contribution >= 0.6 is 0 Å². The average molecular weight is 266 g/mol. The topological polar surface area (TPSA) is 42.7 Å². The number of benzene rings is 1. The fourth-order valence-electron chi connectivity index (χ4n) is 2.39. The molecule has 2 aromatic heterocycles. The van der Waals surface area contributed by atoms with Gasteiger partial charge in [-0.15, -0.1) is 0 Å². The predicted molar refractivity (Wildman–Crippen MR) is 81.0 cm³/mol. The maximum absolute atomic E-state index is 4.72. The Kier molecular flexibility index (Phi) is 3.48. The third-order valence-electron chi connectivity index (χ3n) is 3.37. The van der Waals surface area contributed by atoms with E-state index >= 15 is 0 Å². The standard InChI is InChI=1S/C16H18N4/c1-3-13-8-12(10-17-2)9-16(19-13)20-11-18-14-6-4-5-7-15(14)20/h4-9,11,17H,3,10H2,1-2H3. The second-order valence-corrected chi connectivity index (χ2v) is 4.81. The number of pyridine rings is 1. The van der Waals surface area contributed by atoms with Crippen LogP contribution in [0.25, 0.3) is 16.9 Å². The normalized spacial score (nSPS) is 11.1. The second-order valence-electron chi connectivity index (χ2n) is 4.81. The number of aryl methyl sites for hydroxylation is 1. The van der Waals surface area contributed by atoms with E-state index in [0.717, 1.165) is 35.5 Å². The molecule has 4 heteroatoms. The van der Waals surface area contributed by atoms with Crippen LogP contribution in [0.4, 0.5) is 0 Å². The molecule has 0 unspecified atom stereocenters. The van der Waals surface area contributed by atoms with Gasteiger partial charge < -0.3 is 5.32 Å². The van der Waals surface area contributed by atoms with Crippen molar-refractivity contribution < 1.29 is 0 Å². The highest BCUT2D eigenvalue weighted by Crippen LogP contribution is 2.18. The number of nitrogens with one attached hydrogen (secondary N) is 1. The van der Waals surface area contributed by atoms with Crippen molar-refractivity contribution in [2.75, 3.05) is 7.05 Å². The highest BCUT2D eigenvalue weighted by Gasteiger charge is 2.07. The molecule has 0 spiro atoms. The summed E-state index contributed by atoms with van der Waals surface area (Å²) in [5.41, 5.74) is 4.42. The van der Waals surface area contributed by atoms with Gasteiger partial charge in [-0.05, 0) is 43.3 Å². The zero-order valence-corrected chi connectivity index (χ0v) is 11.8. The molecule has 2 heterocycles. The van der Waals surface area contributed by atoms with Gasteiger partial charge in [-0.2, -0.15) is 0 Å². The average Bonchev–Trinajstić information content (AvgIpc) is 2.91. The van der Waals surface area contributed by atoms with Crippen LogP contribution in [0.15, 0.2) is 42.7 Å². The molecule has 0 bridgehead atoms. The number of imidazole rings is 1. The van der Waals surface area contributed by atoms with Gasteiger partial charge in [0.25, 0.3) is 0 Å². The first-order valence-corrected chi connectivity index (χ1v) is 6.88. The van der Waals surface area contributed by atoms with Gasteiger partial charge in [-0.3, -0.25) is 4.57 Å². The van der Waals surface area contributed by atoms with Crippen molar-refractivity contribution in [3.8, 4) is 5.82 Å². The van der Waals surface area contributed by atoms with E-state index in [2.05, 4.69) is 35.4 Å². The smallest absolute Gasteiger partial charge is 0.138 e. The van der Waals surface area contributed by atoms with E-state index in [0.29, 0.717) is 0 Å². The Labute approximate surface area is 118 Å². The summed E-state index contributed by atoms with van der Waals surface area (Å²) >= 11 is 0. The monoisotopic (exact) mass is 266 g/mol. The third kappa shape index (κ3) is 2.30. The van der Waals surface area contributed by atoms with Crippen LogP contribution in [0.2, 0.25) is 0 Å². The van der Waals surface area contributed by atoms with Gasteiger partial charge in [0.05, 0.1) is 11.0 Å². The summed E-state index contributed by atoms with van der Waals surface area (Å²) in [6, 6.07) is 12.4. The maximum atomic E-state index is 4.72. The van der Waals surface area contributed by atoms with Gasteiger partial charge in [0, 0.05) is 12.2 Å². The zero-order valence-electron chi connectivity index (χ0n) is 11.8. The van der Waals surface area contributed by atoms with Gasteiger partial charge in [0.15, 0.2) is 0 Å². The van der Waals surface area contributed by atoms with E-state index < -0.39 is 0 Å². The lowest BCUT2D eigenvalue weighted by molar-refractivity contribution is 0.807. The molecule has 3 aromatic rings. The lowest BCUT2D eigenvalue weighted by atomic mass is 10.2. The Morgan fingerprint density at radius 2 is 2.05 bits per heavy atom. The van der Waals surface area contributed by atoms with Crippen molar-refractivity contribution in [2.45, 2.75) is 19.9 Å². The van der Waals surface area contributed by atoms with Gasteiger partial charge in [0.2, 0.25) is 0 Å². The van der Waals surface area contributed by atoms with Crippen LogP contribution in [0.5, 0.6) is 0 Å². The quantitative estimate of drug-likeness (QED) is 0.789.